The quantitative estimate of drug-likeness (QED) is 0.885. The fraction of sp³-hybridized carbons (Fsp3) is 0.529. The van der Waals surface area contributed by atoms with Gasteiger partial charge in [-0.25, -0.2) is 8.42 Å². The van der Waals surface area contributed by atoms with Crippen LogP contribution in [0.1, 0.15) is 48.6 Å². The summed E-state index contributed by atoms with van der Waals surface area (Å²) >= 11 is 1.56. The minimum atomic E-state index is -3.02. The molecule has 1 atom stereocenters. The maximum Gasteiger partial charge on any atom is 0.272 e. The van der Waals surface area contributed by atoms with Crippen molar-refractivity contribution in [3.63, 3.8) is 0 Å². The first-order chi connectivity index (χ1) is 12.0. The van der Waals surface area contributed by atoms with Crippen LogP contribution in [0.4, 0.5) is 0 Å². The molecule has 8 heteroatoms. The van der Waals surface area contributed by atoms with Crippen molar-refractivity contribution in [3.05, 3.63) is 29.3 Å². The van der Waals surface area contributed by atoms with E-state index in [1.165, 1.54) is 0 Å². The Hall–Kier alpha value is -1.67. The van der Waals surface area contributed by atoms with Gasteiger partial charge in [0.2, 0.25) is 0 Å². The van der Waals surface area contributed by atoms with E-state index in [2.05, 4.69) is 10.4 Å². The molecule has 1 N–H and O–H groups in total. The lowest BCUT2D eigenvalue weighted by Gasteiger charge is -2.12. The Labute approximate surface area is 151 Å². The summed E-state index contributed by atoms with van der Waals surface area (Å²) in [7, 11) is -3.02. The maximum atomic E-state index is 12.6. The first-order valence-corrected chi connectivity index (χ1v) is 11.4. The molecule has 2 aliphatic rings. The van der Waals surface area contributed by atoms with Crippen LogP contribution in [-0.2, 0) is 9.84 Å². The Kier molecular flexibility index (Phi) is 4.41. The highest BCUT2D eigenvalue weighted by Crippen LogP contribution is 2.32. The zero-order valence-electron chi connectivity index (χ0n) is 13.8. The van der Waals surface area contributed by atoms with Gasteiger partial charge < -0.3 is 5.32 Å². The highest BCUT2D eigenvalue weighted by atomic mass is 32.2. The van der Waals surface area contributed by atoms with Crippen LogP contribution in [0, 0.1) is 0 Å². The molecular weight excluding hydrogens is 358 g/mol. The van der Waals surface area contributed by atoms with Gasteiger partial charge in [0.25, 0.3) is 5.91 Å². The van der Waals surface area contributed by atoms with Crippen LogP contribution in [0.3, 0.4) is 0 Å². The van der Waals surface area contributed by atoms with Crippen molar-refractivity contribution in [3.8, 4) is 10.6 Å². The van der Waals surface area contributed by atoms with E-state index in [0.29, 0.717) is 12.1 Å². The SMILES string of the molecule is O=C(NC1CCCC1)c1cc(-c2cccs2)n([C@H]2CCS(=O)(=O)C2)n1. The molecule has 134 valence electrons. The second-order valence-corrected chi connectivity index (χ2v) is 10.0. The van der Waals surface area contributed by atoms with Gasteiger partial charge in [-0.15, -0.1) is 11.3 Å². The number of rotatable bonds is 4. The zero-order valence-corrected chi connectivity index (χ0v) is 15.5. The van der Waals surface area contributed by atoms with Crippen molar-refractivity contribution < 1.29 is 13.2 Å². The third-order valence-electron chi connectivity index (χ3n) is 4.99. The Bertz CT molecular complexity index is 865. The summed E-state index contributed by atoms with van der Waals surface area (Å²) in [5.41, 5.74) is 1.20. The molecule has 2 aromatic heterocycles. The maximum absolute atomic E-state index is 12.6. The Morgan fingerprint density at radius 3 is 2.72 bits per heavy atom. The molecule has 25 heavy (non-hydrogen) atoms. The normalized spacial score (nSPS) is 23.1. The van der Waals surface area contributed by atoms with Gasteiger partial charge >= 0.3 is 0 Å². The van der Waals surface area contributed by atoms with E-state index < -0.39 is 9.84 Å². The van der Waals surface area contributed by atoms with E-state index in [0.717, 1.165) is 36.3 Å². The standard InChI is InChI=1S/C17H21N3O3S2/c21-17(18-12-4-1-2-5-12)14-10-15(16-6-3-8-24-16)20(19-14)13-7-9-25(22,23)11-13/h3,6,8,10,12-13H,1-2,4-5,7,9,11H2,(H,18,21)/t13-/m0/s1. The van der Waals surface area contributed by atoms with Crippen molar-refractivity contribution in [2.75, 3.05) is 11.5 Å². The van der Waals surface area contributed by atoms with Gasteiger partial charge in [-0.1, -0.05) is 18.9 Å². The van der Waals surface area contributed by atoms with Crippen molar-refractivity contribution in [2.45, 2.75) is 44.2 Å². The third-order valence-corrected chi connectivity index (χ3v) is 7.63. The van der Waals surface area contributed by atoms with Crippen molar-refractivity contribution >= 4 is 27.1 Å². The molecule has 0 radical (unpaired) electrons. The summed E-state index contributed by atoms with van der Waals surface area (Å²) in [5.74, 6) is 0.117. The molecule has 0 aromatic carbocycles. The van der Waals surface area contributed by atoms with E-state index in [4.69, 9.17) is 0 Å². The highest BCUT2D eigenvalue weighted by Gasteiger charge is 2.32. The van der Waals surface area contributed by atoms with Gasteiger partial charge in [-0.05, 0) is 36.8 Å². The molecule has 0 spiro atoms. The van der Waals surface area contributed by atoms with Crippen LogP contribution >= 0.6 is 11.3 Å². The van der Waals surface area contributed by atoms with Crippen LogP contribution < -0.4 is 5.32 Å². The highest BCUT2D eigenvalue weighted by molar-refractivity contribution is 7.91. The summed E-state index contributed by atoms with van der Waals surface area (Å²) in [4.78, 5) is 13.6. The topological polar surface area (TPSA) is 81.1 Å². The van der Waals surface area contributed by atoms with Gasteiger partial charge in [-0.2, -0.15) is 5.10 Å². The summed E-state index contributed by atoms with van der Waals surface area (Å²) < 4.78 is 25.5. The molecule has 2 aromatic rings. The van der Waals surface area contributed by atoms with Gasteiger partial charge in [0.1, 0.15) is 0 Å². The monoisotopic (exact) mass is 379 g/mol. The molecule has 0 bridgehead atoms. The van der Waals surface area contributed by atoms with Crippen LogP contribution in [0.15, 0.2) is 23.6 Å². The average Bonchev–Trinajstić information content (AvgIpc) is 3.33. The first-order valence-electron chi connectivity index (χ1n) is 8.66. The number of sulfone groups is 1. The summed E-state index contributed by atoms with van der Waals surface area (Å²) in [6.45, 7) is 0. The van der Waals surface area contributed by atoms with E-state index >= 15 is 0 Å². The minimum Gasteiger partial charge on any atom is -0.348 e. The first kappa shape index (κ1) is 16.8. The molecule has 3 heterocycles. The average molecular weight is 380 g/mol. The van der Waals surface area contributed by atoms with Crippen LogP contribution in [0.25, 0.3) is 10.6 Å². The fourth-order valence-corrected chi connectivity index (χ4v) is 6.12. The minimum absolute atomic E-state index is 0.0940. The van der Waals surface area contributed by atoms with Crippen LogP contribution in [0.5, 0.6) is 0 Å². The molecule has 1 aliphatic carbocycles. The zero-order chi connectivity index (χ0) is 17.4. The lowest BCUT2D eigenvalue weighted by molar-refractivity contribution is 0.0931. The number of hydrogen-bond acceptors (Lipinski definition) is 5. The third kappa shape index (κ3) is 3.50. The molecule has 6 nitrogen and oxygen atoms in total. The van der Waals surface area contributed by atoms with Gasteiger partial charge in [0.15, 0.2) is 15.5 Å². The van der Waals surface area contributed by atoms with Crippen LogP contribution in [-0.4, -0.2) is 41.7 Å². The smallest absolute Gasteiger partial charge is 0.272 e. The number of nitrogens with one attached hydrogen (secondary N) is 1. The molecule has 1 aliphatic heterocycles. The molecular formula is C17H21N3O3S2. The van der Waals surface area contributed by atoms with E-state index in [-0.39, 0.29) is 29.5 Å². The Balaban J connectivity index is 1.65. The second kappa shape index (κ2) is 6.57. The molecule has 2 fully saturated rings. The Morgan fingerprint density at radius 1 is 1.28 bits per heavy atom. The molecule has 1 saturated heterocycles. The molecule has 0 unspecified atom stereocenters. The van der Waals surface area contributed by atoms with Gasteiger partial charge in [-0.3, -0.25) is 9.48 Å². The van der Waals surface area contributed by atoms with Crippen molar-refractivity contribution in [1.29, 1.82) is 0 Å². The molecule has 4 rings (SSSR count). The number of thiophene rings is 1. The van der Waals surface area contributed by atoms with Crippen LogP contribution in [0.2, 0.25) is 0 Å². The van der Waals surface area contributed by atoms with Crippen molar-refractivity contribution in [1.82, 2.24) is 15.1 Å². The molecule has 1 amide bonds. The van der Waals surface area contributed by atoms with E-state index in [9.17, 15) is 13.2 Å². The van der Waals surface area contributed by atoms with Gasteiger partial charge in [0.05, 0.1) is 28.1 Å². The molecule has 1 saturated carbocycles. The second-order valence-electron chi connectivity index (χ2n) is 6.85. The van der Waals surface area contributed by atoms with Gasteiger partial charge in [0, 0.05) is 6.04 Å². The Morgan fingerprint density at radius 2 is 2.08 bits per heavy atom. The number of amides is 1. The van der Waals surface area contributed by atoms with E-state index in [1.54, 1.807) is 22.1 Å². The number of aromatic nitrogens is 2. The number of carbonyl (C=O) groups excluding carboxylic acids is 1. The predicted octanol–water partition coefficient (Wildman–Crippen LogP) is 2.64. The van der Waals surface area contributed by atoms with Crippen molar-refractivity contribution in [2.24, 2.45) is 0 Å². The number of nitrogens with zero attached hydrogens (tertiary/aromatic N) is 2. The number of carbonyl (C=O) groups is 1. The lowest BCUT2D eigenvalue weighted by Crippen LogP contribution is -2.33. The largest absolute Gasteiger partial charge is 0.348 e. The summed E-state index contributed by atoms with van der Waals surface area (Å²) in [6.07, 6.45) is 4.89. The lowest BCUT2D eigenvalue weighted by atomic mass is 10.2. The summed E-state index contributed by atoms with van der Waals surface area (Å²) in [5, 5.41) is 9.53. The van der Waals surface area contributed by atoms with E-state index in [1.807, 2.05) is 17.5 Å². The fourth-order valence-electron chi connectivity index (χ4n) is 3.69. The summed E-state index contributed by atoms with van der Waals surface area (Å²) in [6, 6.07) is 5.74. The number of hydrogen-bond donors (Lipinski definition) is 1. The predicted molar refractivity (Wildman–Crippen MR) is 97.6 cm³/mol.